The minimum absolute atomic E-state index is 0.0242. The van der Waals surface area contributed by atoms with Crippen LogP contribution in [-0.2, 0) is 6.18 Å². The predicted octanol–water partition coefficient (Wildman–Crippen LogP) is 4.86. The van der Waals surface area contributed by atoms with E-state index in [1.807, 2.05) is 0 Å². The summed E-state index contributed by atoms with van der Waals surface area (Å²) in [5, 5.41) is 4.32. The zero-order chi connectivity index (χ0) is 19.7. The number of benzene rings is 1. The van der Waals surface area contributed by atoms with Crippen LogP contribution in [-0.4, -0.2) is 19.6 Å². The summed E-state index contributed by atoms with van der Waals surface area (Å²) in [4.78, 5) is 8.32. The van der Waals surface area contributed by atoms with Gasteiger partial charge < -0.3 is 0 Å². The van der Waals surface area contributed by atoms with Crippen LogP contribution in [0.25, 0.3) is 16.9 Å². The molecule has 3 aromatic heterocycles. The predicted molar refractivity (Wildman–Crippen MR) is 98.7 cm³/mol. The summed E-state index contributed by atoms with van der Waals surface area (Å²) in [6, 6.07) is 10.8. The van der Waals surface area contributed by atoms with Crippen molar-refractivity contribution in [3.05, 3.63) is 82.9 Å². The molecular weight excluding hydrogens is 389 g/mol. The van der Waals surface area contributed by atoms with Crippen LogP contribution < -0.4 is 0 Å². The lowest BCUT2D eigenvalue weighted by atomic mass is 10.1. The second-order valence-electron chi connectivity index (χ2n) is 5.82. The Kier molecular flexibility index (Phi) is 4.49. The van der Waals surface area contributed by atoms with Gasteiger partial charge in [0.2, 0.25) is 0 Å². The number of halogens is 4. The van der Waals surface area contributed by atoms with Gasteiger partial charge >= 0.3 is 6.18 Å². The van der Waals surface area contributed by atoms with E-state index in [9.17, 15) is 13.2 Å². The highest BCUT2D eigenvalue weighted by Gasteiger charge is 2.35. The van der Waals surface area contributed by atoms with Crippen molar-refractivity contribution in [2.45, 2.75) is 6.18 Å². The third-order valence-electron chi connectivity index (χ3n) is 3.91. The molecule has 0 bridgehead atoms. The molecule has 0 amide bonds. The van der Waals surface area contributed by atoms with Gasteiger partial charge in [-0.25, -0.2) is 9.50 Å². The molecule has 0 unspecified atom stereocenters. The maximum atomic E-state index is 13.6. The largest absolute Gasteiger partial charge is 0.433 e. The number of hydrogen-bond donors (Lipinski definition) is 0. The highest BCUT2D eigenvalue weighted by molar-refractivity contribution is 6.30. The van der Waals surface area contributed by atoms with Crippen LogP contribution >= 0.6 is 11.6 Å². The molecule has 0 aliphatic heterocycles. The summed E-state index contributed by atoms with van der Waals surface area (Å²) in [6.45, 7) is 0. The second-order valence-corrected chi connectivity index (χ2v) is 6.25. The Hall–Kier alpha value is -3.37. The molecular formula is C20H10ClF3N4. The molecule has 1 aromatic carbocycles. The SMILES string of the molecule is FC(F)(F)c1cc(-c2ccc(Cl)cc2)nc2c(C#Cc3cccnc3)cnn12. The molecule has 0 saturated carbocycles. The van der Waals surface area contributed by atoms with E-state index in [4.69, 9.17) is 11.6 Å². The molecule has 0 radical (unpaired) electrons. The number of aromatic nitrogens is 4. The van der Waals surface area contributed by atoms with Gasteiger partial charge in [-0.3, -0.25) is 4.98 Å². The fraction of sp³-hybridized carbons (Fsp3) is 0.0500. The molecule has 3 heterocycles. The smallest absolute Gasteiger partial charge is 0.263 e. The van der Waals surface area contributed by atoms with Crippen molar-refractivity contribution in [1.82, 2.24) is 19.6 Å². The molecule has 0 saturated heterocycles. The Bertz CT molecular complexity index is 1200. The third-order valence-corrected chi connectivity index (χ3v) is 4.16. The van der Waals surface area contributed by atoms with Gasteiger partial charge in [0.15, 0.2) is 11.3 Å². The van der Waals surface area contributed by atoms with E-state index in [0.717, 1.165) is 10.6 Å². The molecule has 0 aliphatic carbocycles. The number of nitrogens with zero attached hydrogens (tertiary/aromatic N) is 4. The Morgan fingerprint density at radius 2 is 1.79 bits per heavy atom. The van der Waals surface area contributed by atoms with E-state index in [2.05, 4.69) is 26.9 Å². The van der Waals surface area contributed by atoms with Gasteiger partial charge in [-0.05, 0) is 30.3 Å². The monoisotopic (exact) mass is 398 g/mol. The molecule has 0 aliphatic rings. The number of pyridine rings is 1. The molecule has 4 aromatic rings. The van der Waals surface area contributed by atoms with Gasteiger partial charge in [-0.15, -0.1) is 0 Å². The lowest BCUT2D eigenvalue weighted by molar-refractivity contribution is -0.142. The van der Waals surface area contributed by atoms with Crippen LogP contribution in [0.1, 0.15) is 16.8 Å². The second kappa shape index (κ2) is 6.98. The van der Waals surface area contributed by atoms with E-state index in [-0.39, 0.29) is 16.9 Å². The highest BCUT2D eigenvalue weighted by atomic mass is 35.5. The Labute approximate surface area is 162 Å². The van der Waals surface area contributed by atoms with Crippen LogP contribution in [0, 0.1) is 11.8 Å². The lowest BCUT2D eigenvalue weighted by Crippen LogP contribution is -2.13. The van der Waals surface area contributed by atoms with Gasteiger partial charge in [-0.2, -0.15) is 18.3 Å². The average molecular weight is 399 g/mol. The highest BCUT2D eigenvalue weighted by Crippen LogP contribution is 2.32. The summed E-state index contributed by atoms with van der Waals surface area (Å²) in [6.07, 6.45) is -0.169. The summed E-state index contributed by atoms with van der Waals surface area (Å²) < 4.78 is 41.5. The standard InChI is InChI=1S/C20H10ClF3N4/c21-16-7-5-14(6-8-16)17-10-18(20(22,23)24)28-19(27-17)15(12-26-28)4-3-13-2-1-9-25-11-13/h1-2,5-12H. The van der Waals surface area contributed by atoms with Crippen LogP contribution in [0.4, 0.5) is 13.2 Å². The van der Waals surface area contributed by atoms with Gasteiger partial charge in [0.05, 0.1) is 17.5 Å². The fourth-order valence-electron chi connectivity index (χ4n) is 2.60. The van der Waals surface area contributed by atoms with Gasteiger partial charge in [0, 0.05) is 28.5 Å². The topological polar surface area (TPSA) is 43.1 Å². The van der Waals surface area contributed by atoms with Crippen molar-refractivity contribution < 1.29 is 13.2 Å². The van der Waals surface area contributed by atoms with Crippen molar-refractivity contribution >= 4 is 17.2 Å². The molecule has 4 nitrogen and oxygen atoms in total. The molecule has 4 rings (SSSR count). The van der Waals surface area contributed by atoms with E-state index < -0.39 is 11.9 Å². The third kappa shape index (κ3) is 3.55. The van der Waals surface area contributed by atoms with Crippen molar-refractivity contribution in [2.75, 3.05) is 0 Å². The first kappa shape index (κ1) is 18.0. The van der Waals surface area contributed by atoms with Crippen LogP contribution in [0.2, 0.25) is 5.02 Å². The van der Waals surface area contributed by atoms with Crippen molar-refractivity contribution in [2.24, 2.45) is 0 Å². The Balaban J connectivity index is 1.91. The molecule has 138 valence electrons. The minimum atomic E-state index is -4.61. The van der Waals surface area contributed by atoms with Gasteiger partial charge in [-0.1, -0.05) is 35.6 Å². The number of fused-ring (bicyclic) bond motifs is 1. The Morgan fingerprint density at radius 1 is 1.00 bits per heavy atom. The molecule has 0 fully saturated rings. The first-order chi connectivity index (χ1) is 13.4. The summed E-state index contributed by atoms with van der Waals surface area (Å²) >= 11 is 5.87. The first-order valence-corrected chi connectivity index (χ1v) is 8.43. The molecule has 0 spiro atoms. The van der Waals surface area contributed by atoms with Crippen LogP contribution in [0.15, 0.2) is 61.1 Å². The lowest BCUT2D eigenvalue weighted by Gasteiger charge is -2.11. The van der Waals surface area contributed by atoms with Crippen molar-refractivity contribution in [1.29, 1.82) is 0 Å². The van der Waals surface area contributed by atoms with E-state index in [1.165, 1.54) is 6.20 Å². The van der Waals surface area contributed by atoms with E-state index >= 15 is 0 Å². The molecule has 28 heavy (non-hydrogen) atoms. The minimum Gasteiger partial charge on any atom is -0.263 e. The van der Waals surface area contributed by atoms with E-state index in [0.29, 0.717) is 16.1 Å². The van der Waals surface area contributed by atoms with Gasteiger partial charge in [0.1, 0.15) is 0 Å². The fourth-order valence-corrected chi connectivity index (χ4v) is 2.72. The van der Waals surface area contributed by atoms with Crippen LogP contribution in [0.3, 0.4) is 0 Å². The normalized spacial score (nSPS) is 11.3. The molecule has 0 N–H and O–H groups in total. The van der Waals surface area contributed by atoms with Crippen molar-refractivity contribution in [3.8, 4) is 23.1 Å². The van der Waals surface area contributed by atoms with Crippen LogP contribution in [0.5, 0.6) is 0 Å². The maximum absolute atomic E-state index is 13.6. The zero-order valence-electron chi connectivity index (χ0n) is 14.1. The maximum Gasteiger partial charge on any atom is 0.433 e. The zero-order valence-corrected chi connectivity index (χ0v) is 14.8. The molecule has 0 atom stereocenters. The summed E-state index contributed by atoms with van der Waals surface area (Å²) in [5.41, 5.74) is 0.663. The van der Waals surface area contributed by atoms with Gasteiger partial charge in [0.25, 0.3) is 0 Å². The molecule has 8 heteroatoms. The van der Waals surface area contributed by atoms with Crippen molar-refractivity contribution in [3.63, 3.8) is 0 Å². The number of rotatable bonds is 1. The first-order valence-electron chi connectivity index (χ1n) is 8.06. The average Bonchev–Trinajstić information content (AvgIpc) is 3.09. The number of alkyl halides is 3. The Morgan fingerprint density at radius 3 is 2.46 bits per heavy atom. The van der Waals surface area contributed by atoms with E-state index in [1.54, 1.807) is 48.8 Å². The summed E-state index contributed by atoms with van der Waals surface area (Å²) in [7, 11) is 0. The quantitative estimate of drug-likeness (QED) is 0.430. The summed E-state index contributed by atoms with van der Waals surface area (Å²) in [5.74, 6) is 5.69. The number of hydrogen-bond acceptors (Lipinski definition) is 3.